The van der Waals surface area contributed by atoms with E-state index in [1.54, 1.807) is 48.5 Å². The molecule has 0 aromatic heterocycles. The Bertz CT molecular complexity index is 1640. The van der Waals surface area contributed by atoms with Gasteiger partial charge in [-0.05, 0) is 94.9 Å². The smallest absolute Gasteiger partial charge is 0.249 e. The first kappa shape index (κ1) is 37.9. The number of hydrogen-bond donors (Lipinski definition) is 0. The zero-order valence-corrected chi connectivity index (χ0v) is 33.4. The number of ether oxygens (including phenoxy) is 1. The van der Waals surface area contributed by atoms with Gasteiger partial charge in [0.1, 0.15) is 12.2 Å². The van der Waals surface area contributed by atoms with E-state index in [2.05, 4.69) is 20.8 Å². The number of hydrogen-bond acceptors (Lipinski definition) is 7. The van der Waals surface area contributed by atoms with Crippen molar-refractivity contribution in [2.75, 3.05) is 6.61 Å². The van der Waals surface area contributed by atoms with Gasteiger partial charge in [0.15, 0.2) is 0 Å². The van der Waals surface area contributed by atoms with Gasteiger partial charge in [0, 0.05) is 0 Å². The van der Waals surface area contributed by atoms with E-state index >= 15 is 16.8 Å². The number of benzene rings is 2. The first-order valence-corrected chi connectivity index (χ1v) is 22.5. The summed E-state index contributed by atoms with van der Waals surface area (Å²) in [7, 11) is -10.9. The highest BCUT2D eigenvalue weighted by atomic mass is 32.2. The van der Waals surface area contributed by atoms with E-state index in [4.69, 9.17) is 14.3 Å². The summed E-state index contributed by atoms with van der Waals surface area (Å²) >= 11 is 0. The van der Waals surface area contributed by atoms with E-state index in [1.807, 2.05) is 27.7 Å². The molecule has 276 valence electrons. The van der Waals surface area contributed by atoms with Gasteiger partial charge in [-0.15, -0.1) is 8.15 Å². The van der Waals surface area contributed by atoms with Crippen molar-refractivity contribution >= 4 is 34.4 Å². The molecule has 2 saturated carbocycles. The molecule has 2 aliphatic carbocycles. The van der Waals surface area contributed by atoms with Crippen LogP contribution in [0, 0.1) is 31.1 Å². The molecule has 6 rings (SSSR count). The summed E-state index contributed by atoms with van der Waals surface area (Å²) < 4.78 is 77.4. The minimum absolute atomic E-state index is 0.00354. The van der Waals surface area contributed by atoms with Crippen molar-refractivity contribution < 1.29 is 26.1 Å². The van der Waals surface area contributed by atoms with Crippen LogP contribution in [-0.2, 0) is 29.3 Å². The Balaban J connectivity index is 1.58. The molecule has 3 fully saturated rings. The van der Waals surface area contributed by atoms with E-state index in [1.165, 1.54) is 8.15 Å². The molecule has 1 saturated heterocycles. The quantitative estimate of drug-likeness (QED) is 0.238. The Morgan fingerprint density at radius 2 is 1.08 bits per heavy atom. The van der Waals surface area contributed by atoms with Crippen molar-refractivity contribution in [3.8, 4) is 0 Å². The maximum Gasteiger partial charge on any atom is 0.249 e. The molecule has 2 heterocycles. The summed E-state index contributed by atoms with van der Waals surface area (Å²) in [6.45, 7) is 14.2. The summed E-state index contributed by atoms with van der Waals surface area (Å²) in [4.78, 5) is 5.24. The standard InChI is InChI=1S/C38H56N3O6PS2/c1-27-18-22-31(23-19-27)49(42,43)40-34(29-14-10-8-11-15-29)35(30-16-12-9-13-17-30)41(50(44,45)32-24-20-28(2)21-25-32)48(40)47-38(6,7)36-39-33(26-46-36)37(3,4)5/h18-25,29-30,33-35H,8-17,26H2,1-7H3/t33-,34-,35?,48?/m1/s1. The molecule has 4 atom stereocenters. The maximum absolute atomic E-state index is 15.3. The third-order valence-electron chi connectivity index (χ3n) is 11.1. The highest BCUT2D eigenvalue weighted by molar-refractivity contribution is 7.98. The van der Waals surface area contributed by atoms with E-state index in [0.717, 1.165) is 75.3 Å². The molecule has 9 nitrogen and oxygen atoms in total. The van der Waals surface area contributed by atoms with Crippen LogP contribution < -0.4 is 0 Å². The summed E-state index contributed by atoms with van der Waals surface area (Å²) in [6.07, 6.45) is 9.55. The fourth-order valence-corrected chi connectivity index (χ4v) is 15.5. The van der Waals surface area contributed by atoms with E-state index in [-0.39, 0.29) is 33.1 Å². The zero-order valence-electron chi connectivity index (χ0n) is 30.8. The molecule has 0 N–H and O–H groups in total. The summed E-state index contributed by atoms with van der Waals surface area (Å²) in [5.41, 5.74) is 0.521. The molecular weight excluding hydrogens is 690 g/mol. The minimum Gasteiger partial charge on any atom is -0.477 e. The predicted molar refractivity (Wildman–Crippen MR) is 200 cm³/mol. The van der Waals surface area contributed by atoms with Gasteiger partial charge < -0.3 is 9.26 Å². The molecular formula is C38H56N3O6PS2. The number of rotatable bonds is 9. The molecule has 2 aromatic rings. The van der Waals surface area contributed by atoms with Gasteiger partial charge in [0.2, 0.25) is 34.4 Å². The predicted octanol–water partition coefficient (Wildman–Crippen LogP) is 8.76. The molecule has 0 amide bonds. The minimum atomic E-state index is -4.24. The molecule has 12 heteroatoms. The van der Waals surface area contributed by atoms with Crippen LogP contribution in [0.3, 0.4) is 0 Å². The average Bonchev–Trinajstić information content (AvgIpc) is 3.72. The second-order valence-electron chi connectivity index (χ2n) is 16.4. The Labute approximate surface area is 302 Å². The Morgan fingerprint density at radius 3 is 1.44 bits per heavy atom. The zero-order chi connectivity index (χ0) is 36.1. The van der Waals surface area contributed by atoms with Crippen LogP contribution in [0.1, 0.15) is 110 Å². The lowest BCUT2D eigenvalue weighted by atomic mass is 9.75. The molecule has 50 heavy (non-hydrogen) atoms. The summed E-state index contributed by atoms with van der Waals surface area (Å²) in [5.74, 6) is 0.364. The van der Waals surface area contributed by atoms with Crippen LogP contribution >= 0.6 is 8.45 Å². The Hall–Kier alpha value is -1.88. The highest BCUT2D eigenvalue weighted by Gasteiger charge is 2.63. The lowest BCUT2D eigenvalue weighted by Gasteiger charge is -2.40. The van der Waals surface area contributed by atoms with Crippen molar-refractivity contribution in [1.82, 2.24) is 8.15 Å². The molecule has 0 radical (unpaired) electrons. The number of aliphatic imine (C=N–C) groups is 1. The molecule has 0 bridgehead atoms. The van der Waals surface area contributed by atoms with Gasteiger partial charge in [0.05, 0.1) is 27.9 Å². The first-order valence-electron chi connectivity index (χ1n) is 18.4. The van der Waals surface area contributed by atoms with Gasteiger partial charge in [-0.2, -0.15) is 0 Å². The second-order valence-corrected chi connectivity index (χ2v) is 22.2. The van der Waals surface area contributed by atoms with Gasteiger partial charge in [-0.1, -0.05) is 94.7 Å². The van der Waals surface area contributed by atoms with Gasteiger partial charge >= 0.3 is 0 Å². The van der Waals surface area contributed by atoms with E-state index < -0.39 is 46.2 Å². The molecule has 0 spiro atoms. The second kappa shape index (κ2) is 14.5. The molecule has 2 aliphatic heterocycles. The average molecular weight is 746 g/mol. The van der Waals surface area contributed by atoms with Crippen molar-refractivity contribution in [1.29, 1.82) is 0 Å². The van der Waals surface area contributed by atoms with Crippen LogP contribution in [0.2, 0.25) is 0 Å². The van der Waals surface area contributed by atoms with Gasteiger partial charge in [-0.3, -0.25) is 0 Å². The third kappa shape index (κ3) is 7.47. The van der Waals surface area contributed by atoms with Crippen LogP contribution in [0.4, 0.5) is 0 Å². The maximum atomic E-state index is 15.3. The van der Waals surface area contributed by atoms with Crippen LogP contribution in [0.5, 0.6) is 0 Å². The monoisotopic (exact) mass is 745 g/mol. The highest BCUT2D eigenvalue weighted by Crippen LogP contribution is 2.65. The van der Waals surface area contributed by atoms with Crippen molar-refractivity contribution in [2.24, 2.45) is 22.2 Å². The van der Waals surface area contributed by atoms with Crippen LogP contribution in [0.15, 0.2) is 63.3 Å². The van der Waals surface area contributed by atoms with Crippen molar-refractivity contribution in [3.63, 3.8) is 0 Å². The fraction of sp³-hybridized carbons (Fsp3) is 0.658. The SMILES string of the molecule is Cc1ccc(S(=O)(=O)N2C(C3CCCCC3)[C@@H](C3CCCCC3)N(S(=O)(=O)c3ccc(C)cc3)P2OC(C)(C)C2=N[C@@H](C(C)(C)C)CO2)cc1. The normalized spacial score (nSPS) is 27.0. The lowest BCUT2D eigenvalue weighted by molar-refractivity contribution is 0.145. The van der Waals surface area contributed by atoms with Crippen molar-refractivity contribution in [3.05, 3.63) is 59.7 Å². The molecule has 4 aliphatic rings. The van der Waals surface area contributed by atoms with Crippen molar-refractivity contribution in [2.45, 2.75) is 146 Å². The van der Waals surface area contributed by atoms with Gasteiger partial charge in [-0.25, -0.2) is 21.8 Å². The summed E-state index contributed by atoms with van der Waals surface area (Å²) in [5, 5.41) is 0. The fourth-order valence-electron chi connectivity index (χ4n) is 8.06. The van der Waals surface area contributed by atoms with E-state index in [9.17, 15) is 0 Å². The van der Waals surface area contributed by atoms with E-state index in [0.29, 0.717) is 12.5 Å². The lowest BCUT2D eigenvalue weighted by Crippen LogP contribution is -2.50. The molecule has 2 unspecified atom stereocenters. The van der Waals surface area contributed by atoms with Crippen LogP contribution in [-0.4, -0.2) is 61.2 Å². The number of nitrogens with zero attached hydrogens (tertiary/aromatic N) is 3. The number of aryl methyl sites for hydroxylation is 2. The number of sulfonamides is 2. The molecule has 2 aromatic carbocycles. The largest absolute Gasteiger partial charge is 0.477 e. The first-order chi connectivity index (χ1) is 23.5. The van der Waals surface area contributed by atoms with Crippen LogP contribution in [0.25, 0.3) is 0 Å². The Morgan fingerprint density at radius 1 is 0.680 bits per heavy atom. The Kier molecular flexibility index (Phi) is 11.0. The summed E-state index contributed by atoms with van der Waals surface area (Å²) in [6, 6.07) is 12.5. The van der Waals surface area contributed by atoms with Gasteiger partial charge in [0.25, 0.3) is 0 Å². The third-order valence-corrected chi connectivity index (χ3v) is 18.2. The topological polar surface area (TPSA) is 106 Å².